The Morgan fingerprint density at radius 1 is 0.625 bits per heavy atom. The number of hydrogen-bond acceptors (Lipinski definition) is 4. The number of carbonyl (C=O) groups excluding carboxylic acids is 2. The van der Waals surface area contributed by atoms with Crippen molar-refractivity contribution in [2.24, 2.45) is 0 Å². The molecule has 10 nitrogen and oxygen atoms in total. The van der Waals surface area contributed by atoms with Crippen molar-refractivity contribution in [2.75, 3.05) is 0 Å². The van der Waals surface area contributed by atoms with Crippen molar-refractivity contribution in [2.45, 2.75) is 24.9 Å². The van der Waals surface area contributed by atoms with E-state index in [-0.39, 0.29) is 24.0 Å². The Morgan fingerprint density at radius 2 is 1.05 bits per heavy atom. The third kappa shape index (κ3) is 5.56. The van der Waals surface area contributed by atoms with Crippen molar-refractivity contribution in [3.05, 3.63) is 107 Å². The summed E-state index contributed by atoms with van der Waals surface area (Å²) in [5.74, 6) is -3.74. The van der Waals surface area contributed by atoms with Crippen molar-refractivity contribution < 1.29 is 29.4 Å². The molecule has 2 atom stereocenters. The number of aromatic amines is 2. The number of rotatable bonds is 10. The van der Waals surface area contributed by atoms with Gasteiger partial charge in [0.2, 0.25) is 0 Å². The third-order valence-corrected chi connectivity index (χ3v) is 6.79. The summed E-state index contributed by atoms with van der Waals surface area (Å²) in [6, 6.07) is 18.2. The molecule has 0 aliphatic carbocycles. The van der Waals surface area contributed by atoms with Gasteiger partial charge in [-0.1, -0.05) is 42.5 Å². The first-order chi connectivity index (χ1) is 19.3. The quantitative estimate of drug-likeness (QED) is 0.159. The molecule has 0 spiro atoms. The molecule has 5 aromatic rings. The molecule has 0 unspecified atom stereocenters. The fourth-order valence-corrected chi connectivity index (χ4v) is 4.73. The second-order valence-corrected chi connectivity index (χ2v) is 9.44. The highest BCUT2D eigenvalue weighted by atomic mass is 16.4. The maximum atomic E-state index is 13.0. The Hall–Kier alpha value is -5.38. The van der Waals surface area contributed by atoms with Crippen LogP contribution < -0.4 is 10.6 Å². The van der Waals surface area contributed by atoms with Crippen LogP contribution in [0.4, 0.5) is 0 Å². The average Bonchev–Trinajstić information content (AvgIpc) is 3.56. The summed E-state index contributed by atoms with van der Waals surface area (Å²) < 4.78 is 0. The van der Waals surface area contributed by atoms with Crippen molar-refractivity contribution in [3.8, 4) is 0 Å². The molecule has 40 heavy (non-hydrogen) atoms. The van der Waals surface area contributed by atoms with Crippen LogP contribution in [0.3, 0.4) is 0 Å². The highest BCUT2D eigenvalue weighted by Crippen LogP contribution is 2.21. The molecule has 0 saturated heterocycles. The molecule has 0 radical (unpaired) electrons. The largest absolute Gasteiger partial charge is 0.480 e. The minimum absolute atomic E-state index is 0.0550. The van der Waals surface area contributed by atoms with E-state index >= 15 is 0 Å². The third-order valence-electron chi connectivity index (χ3n) is 6.79. The molecule has 202 valence electrons. The fraction of sp³-hybridized carbons (Fsp3) is 0.133. The molecule has 2 heterocycles. The first-order valence-corrected chi connectivity index (χ1v) is 12.6. The van der Waals surface area contributed by atoms with Crippen LogP contribution in [-0.4, -0.2) is 56.0 Å². The number of aliphatic carboxylic acids is 2. The number of H-pyrrole nitrogens is 2. The maximum Gasteiger partial charge on any atom is 0.326 e. The van der Waals surface area contributed by atoms with Gasteiger partial charge in [0, 0.05) is 58.2 Å². The van der Waals surface area contributed by atoms with Crippen molar-refractivity contribution in [1.29, 1.82) is 0 Å². The number of carboxylic acids is 2. The van der Waals surface area contributed by atoms with Crippen LogP contribution in [0.2, 0.25) is 0 Å². The van der Waals surface area contributed by atoms with E-state index in [1.807, 2.05) is 48.5 Å². The minimum Gasteiger partial charge on any atom is -0.480 e. The first-order valence-electron chi connectivity index (χ1n) is 12.6. The van der Waals surface area contributed by atoms with E-state index in [4.69, 9.17) is 0 Å². The molecular weight excluding hydrogens is 512 g/mol. The van der Waals surface area contributed by atoms with Crippen LogP contribution in [0, 0.1) is 0 Å². The number of carbonyl (C=O) groups is 4. The number of aromatic nitrogens is 2. The van der Waals surface area contributed by atoms with Gasteiger partial charge in [0.15, 0.2) is 0 Å². The molecule has 5 rings (SSSR count). The number of para-hydroxylation sites is 2. The van der Waals surface area contributed by atoms with Crippen LogP contribution >= 0.6 is 0 Å². The SMILES string of the molecule is O=C(N[C@H](Cc1c[nH]c2ccccc12)C(=O)O)c1cccc(C(=O)N[C@H](Cc2c[nH]c3ccccc23)C(=O)O)c1. The summed E-state index contributed by atoms with van der Waals surface area (Å²) in [6.45, 7) is 0. The zero-order chi connectivity index (χ0) is 28.2. The zero-order valence-corrected chi connectivity index (χ0v) is 21.2. The van der Waals surface area contributed by atoms with Gasteiger partial charge in [0.05, 0.1) is 0 Å². The lowest BCUT2D eigenvalue weighted by molar-refractivity contribution is -0.140. The van der Waals surface area contributed by atoms with Gasteiger partial charge in [-0.25, -0.2) is 9.59 Å². The predicted octanol–water partition coefficient (Wildman–Crippen LogP) is 3.50. The molecule has 0 fully saturated rings. The van der Waals surface area contributed by atoms with Crippen LogP contribution in [0.15, 0.2) is 85.2 Å². The standard InChI is InChI=1S/C30H26N4O6/c35-27(33-25(29(37)38)13-19-15-31-23-10-3-1-8-21(19)23)17-6-5-7-18(12-17)28(36)34-26(30(39)40)14-20-16-32-24-11-4-2-9-22(20)24/h1-12,15-16,25-26,31-32H,13-14H2,(H,33,35)(H,34,36)(H,37,38)(H,39,40)/t25-,26-/m1/s1. The Balaban J connectivity index is 1.28. The first kappa shape index (κ1) is 26.2. The Labute approximate surface area is 228 Å². The van der Waals surface area contributed by atoms with Crippen LogP contribution in [0.1, 0.15) is 31.8 Å². The van der Waals surface area contributed by atoms with E-state index in [9.17, 15) is 29.4 Å². The van der Waals surface area contributed by atoms with Gasteiger partial charge in [-0.2, -0.15) is 0 Å². The normalized spacial score (nSPS) is 12.6. The number of fused-ring (bicyclic) bond motifs is 2. The number of hydrogen-bond donors (Lipinski definition) is 6. The molecule has 0 bridgehead atoms. The number of amides is 2. The monoisotopic (exact) mass is 538 g/mol. The smallest absolute Gasteiger partial charge is 0.326 e. The zero-order valence-electron chi connectivity index (χ0n) is 21.2. The van der Waals surface area contributed by atoms with E-state index in [0.717, 1.165) is 32.9 Å². The van der Waals surface area contributed by atoms with E-state index in [2.05, 4.69) is 20.6 Å². The summed E-state index contributed by atoms with van der Waals surface area (Å²) in [4.78, 5) is 56.1. The van der Waals surface area contributed by atoms with Crippen molar-refractivity contribution in [1.82, 2.24) is 20.6 Å². The number of carboxylic acid groups (broad SMARTS) is 2. The van der Waals surface area contributed by atoms with Gasteiger partial charge < -0.3 is 30.8 Å². The van der Waals surface area contributed by atoms with Crippen molar-refractivity contribution in [3.63, 3.8) is 0 Å². The molecule has 10 heteroatoms. The van der Waals surface area contributed by atoms with Gasteiger partial charge in [0.25, 0.3) is 11.8 Å². The lowest BCUT2D eigenvalue weighted by Gasteiger charge is -2.16. The molecule has 6 N–H and O–H groups in total. The minimum atomic E-state index is -1.21. The molecule has 0 aliphatic rings. The molecule has 3 aromatic carbocycles. The summed E-state index contributed by atoms with van der Waals surface area (Å²) in [6.07, 6.45) is 3.54. The molecule has 0 aliphatic heterocycles. The van der Waals surface area contributed by atoms with Crippen LogP contribution in [-0.2, 0) is 22.4 Å². The second-order valence-electron chi connectivity index (χ2n) is 9.44. The Bertz CT molecular complexity index is 1610. The van der Waals surface area contributed by atoms with E-state index in [1.54, 1.807) is 12.4 Å². The molecule has 2 aromatic heterocycles. The number of nitrogens with one attached hydrogen (secondary N) is 4. The maximum absolute atomic E-state index is 13.0. The highest BCUT2D eigenvalue weighted by molar-refractivity contribution is 6.02. The van der Waals surface area contributed by atoms with Gasteiger partial charge in [-0.3, -0.25) is 9.59 Å². The van der Waals surface area contributed by atoms with Crippen LogP contribution in [0.25, 0.3) is 21.8 Å². The Morgan fingerprint density at radius 3 is 1.48 bits per heavy atom. The van der Waals surface area contributed by atoms with Gasteiger partial charge in [-0.15, -0.1) is 0 Å². The summed E-state index contributed by atoms with van der Waals surface area (Å²) in [5, 5.41) is 26.3. The average molecular weight is 539 g/mol. The van der Waals surface area contributed by atoms with Crippen molar-refractivity contribution >= 4 is 45.6 Å². The molecule has 2 amide bonds. The lowest BCUT2D eigenvalue weighted by Crippen LogP contribution is -2.43. The Kier molecular flexibility index (Phi) is 7.32. The summed E-state index contributed by atoms with van der Waals surface area (Å²) >= 11 is 0. The number of benzene rings is 3. The predicted molar refractivity (Wildman–Crippen MR) is 148 cm³/mol. The highest BCUT2D eigenvalue weighted by Gasteiger charge is 2.25. The second kappa shape index (κ2) is 11.2. The van der Waals surface area contributed by atoms with Crippen LogP contribution in [0.5, 0.6) is 0 Å². The van der Waals surface area contributed by atoms with E-state index in [1.165, 1.54) is 24.3 Å². The van der Waals surface area contributed by atoms with Gasteiger partial charge in [-0.05, 0) is 41.5 Å². The lowest BCUT2D eigenvalue weighted by atomic mass is 10.0. The van der Waals surface area contributed by atoms with E-state index < -0.39 is 35.8 Å². The summed E-state index contributed by atoms with van der Waals surface area (Å²) in [5.41, 5.74) is 3.34. The van der Waals surface area contributed by atoms with E-state index in [0.29, 0.717) is 0 Å². The fourth-order valence-electron chi connectivity index (χ4n) is 4.73. The summed E-state index contributed by atoms with van der Waals surface area (Å²) in [7, 11) is 0. The van der Waals surface area contributed by atoms with Gasteiger partial charge >= 0.3 is 11.9 Å². The molecular formula is C30H26N4O6. The molecule has 0 saturated carbocycles. The topological polar surface area (TPSA) is 164 Å². The van der Waals surface area contributed by atoms with Gasteiger partial charge in [0.1, 0.15) is 12.1 Å².